The molecule has 0 rings (SSSR count). The molecule has 0 aliphatic rings. The predicted molar refractivity (Wildman–Crippen MR) is 56.2 cm³/mol. The van der Waals surface area contributed by atoms with E-state index in [0.717, 1.165) is 0 Å². The Morgan fingerprint density at radius 3 is 1.50 bits per heavy atom. The molecular formula is C10H20F3NO2. The fraction of sp³-hybridized carbons (Fsp3) is 0.900. The van der Waals surface area contributed by atoms with Crippen molar-refractivity contribution in [2.45, 2.75) is 33.9 Å². The highest BCUT2D eigenvalue weighted by Gasteiger charge is 2.40. The van der Waals surface area contributed by atoms with E-state index in [-0.39, 0.29) is 6.61 Å². The minimum absolute atomic E-state index is 0.252. The Hall–Kier alpha value is -0.780. The summed E-state index contributed by atoms with van der Waals surface area (Å²) in [5.74, 6) is -2.13. The average molecular weight is 243 g/mol. The first-order valence-corrected chi connectivity index (χ1v) is 5.29. The van der Waals surface area contributed by atoms with Crippen molar-refractivity contribution in [3.05, 3.63) is 0 Å². The molecule has 0 aliphatic heterocycles. The van der Waals surface area contributed by atoms with Crippen LogP contribution in [0.15, 0.2) is 0 Å². The average Bonchev–Trinajstić information content (AvgIpc) is 2.20. The van der Waals surface area contributed by atoms with Crippen molar-refractivity contribution in [1.29, 1.82) is 0 Å². The lowest BCUT2D eigenvalue weighted by Crippen LogP contribution is -2.25. The van der Waals surface area contributed by atoms with Gasteiger partial charge in [-0.3, -0.25) is 0 Å². The van der Waals surface area contributed by atoms with E-state index in [1.165, 1.54) is 26.6 Å². The molecule has 0 spiro atoms. The van der Waals surface area contributed by atoms with Crippen LogP contribution in [0.4, 0.5) is 13.2 Å². The van der Waals surface area contributed by atoms with Crippen LogP contribution in [0, 0.1) is 0 Å². The van der Waals surface area contributed by atoms with Gasteiger partial charge in [-0.15, -0.1) is 0 Å². The summed E-state index contributed by atoms with van der Waals surface area (Å²) in [6.45, 7) is 11.2. The summed E-state index contributed by atoms with van der Waals surface area (Å²) in [5, 5.41) is 0. The number of alkyl halides is 3. The van der Waals surface area contributed by atoms with Gasteiger partial charge in [0.05, 0.1) is 6.61 Å². The maximum atomic E-state index is 11.2. The van der Waals surface area contributed by atoms with Gasteiger partial charge in [0.15, 0.2) is 0 Å². The van der Waals surface area contributed by atoms with Gasteiger partial charge in [-0.2, -0.15) is 13.2 Å². The number of halogens is 3. The summed E-state index contributed by atoms with van der Waals surface area (Å²) < 4.78 is 37.1. The van der Waals surface area contributed by atoms with E-state index >= 15 is 0 Å². The Kier molecular flexibility index (Phi) is 10.4. The Morgan fingerprint density at radius 2 is 1.44 bits per heavy atom. The number of carbonyl (C=O) groups is 1. The molecule has 6 heteroatoms. The van der Waals surface area contributed by atoms with E-state index in [2.05, 4.69) is 30.4 Å². The number of rotatable bonds is 4. The monoisotopic (exact) mass is 243 g/mol. The van der Waals surface area contributed by atoms with Crippen molar-refractivity contribution in [1.82, 2.24) is 4.90 Å². The maximum Gasteiger partial charge on any atom is 0.490 e. The molecule has 0 saturated carbocycles. The number of nitrogens with zero attached hydrogens (tertiary/aromatic N) is 1. The molecule has 0 unspecified atom stereocenters. The Morgan fingerprint density at radius 1 is 1.06 bits per heavy atom. The highest BCUT2D eigenvalue weighted by atomic mass is 19.4. The molecular weight excluding hydrogens is 223 g/mol. The van der Waals surface area contributed by atoms with Gasteiger partial charge < -0.3 is 9.64 Å². The first-order valence-electron chi connectivity index (χ1n) is 5.29. The third-order valence-electron chi connectivity index (χ3n) is 1.85. The Labute approximate surface area is 94.6 Å². The highest BCUT2D eigenvalue weighted by molar-refractivity contribution is 5.75. The molecule has 0 fully saturated rings. The van der Waals surface area contributed by atoms with Gasteiger partial charge in [-0.25, -0.2) is 4.79 Å². The molecule has 0 heterocycles. The molecule has 0 aromatic heterocycles. The van der Waals surface area contributed by atoms with Gasteiger partial charge in [0.2, 0.25) is 0 Å². The van der Waals surface area contributed by atoms with Crippen LogP contribution in [0.5, 0.6) is 0 Å². The summed E-state index contributed by atoms with van der Waals surface area (Å²) in [6, 6.07) is 0. The van der Waals surface area contributed by atoms with E-state index in [4.69, 9.17) is 0 Å². The molecule has 0 aliphatic carbocycles. The van der Waals surface area contributed by atoms with Crippen molar-refractivity contribution in [2.75, 3.05) is 26.2 Å². The molecule has 0 atom stereocenters. The largest absolute Gasteiger partial charge is 0.490 e. The van der Waals surface area contributed by atoms with Crippen LogP contribution in [0.1, 0.15) is 27.7 Å². The quantitative estimate of drug-likeness (QED) is 0.710. The number of ether oxygens (including phenoxy) is 1. The lowest BCUT2D eigenvalue weighted by Gasteiger charge is -2.13. The third-order valence-corrected chi connectivity index (χ3v) is 1.85. The van der Waals surface area contributed by atoms with Gasteiger partial charge in [0.25, 0.3) is 0 Å². The zero-order chi connectivity index (χ0) is 13.2. The second-order valence-electron chi connectivity index (χ2n) is 2.84. The molecule has 98 valence electrons. The Balaban J connectivity index is 0. The third kappa shape index (κ3) is 9.76. The molecule has 0 saturated heterocycles. The fourth-order valence-corrected chi connectivity index (χ4v) is 0.884. The van der Waals surface area contributed by atoms with E-state index in [1.54, 1.807) is 0 Å². The van der Waals surface area contributed by atoms with Crippen molar-refractivity contribution in [3.63, 3.8) is 0 Å². The van der Waals surface area contributed by atoms with Crippen LogP contribution in [-0.2, 0) is 9.53 Å². The van der Waals surface area contributed by atoms with E-state index in [0.29, 0.717) is 0 Å². The van der Waals surface area contributed by atoms with Crippen molar-refractivity contribution in [3.8, 4) is 0 Å². The minimum Gasteiger partial charge on any atom is -0.459 e. The molecule has 0 bridgehead atoms. The topological polar surface area (TPSA) is 29.5 Å². The van der Waals surface area contributed by atoms with Gasteiger partial charge >= 0.3 is 12.1 Å². The number of carbonyl (C=O) groups excluding carboxylic acids is 1. The van der Waals surface area contributed by atoms with Crippen LogP contribution in [-0.4, -0.2) is 43.3 Å². The number of esters is 1. The summed E-state index contributed by atoms with van der Waals surface area (Å²) in [6.07, 6.45) is -4.85. The lowest BCUT2D eigenvalue weighted by atomic mass is 10.5. The summed E-state index contributed by atoms with van der Waals surface area (Å²) >= 11 is 0. The second kappa shape index (κ2) is 9.45. The molecule has 16 heavy (non-hydrogen) atoms. The van der Waals surface area contributed by atoms with Crippen molar-refractivity contribution < 1.29 is 22.7 Å². The minimum atomic E-state index is -4.85. The predicted octanol–water partition coefficient (Wildman–Crippen LogP) is 2.46. The maximum absolute atomic E-state index is 11.2. The summed E-state index contributed by atoms with van der Waals surface area (Å²) in [7, 11) is 0. The highest BCUT2D eigenvalue weighted by Crippen LogP contribution is 2.15. The first kappa shape index (κ1) is 17.6. The normalized spacial score (nSPS) is 10.8. The molecule has 3 nitrogen and oxygen atoms in total. The van der Waals surface area contributed by atoms with Crippen LogP contribution < -0.4 is 0 Å². The molecule has 0 radical (unpaired) electrons. The number of hydrogen-bond donors (Lipinski definition) is 0. The molecule has 0 aromatic rings. The van der Waals surface area contributed by atoms with Crippen molar-refractivity contribution >= 4 is 5.97 Å². The van der Waals surface area contributed by atoms with Gasteiger partial charge in [-0.1, -0.05) is 20.8 Å². The van der Waals surface area contributed by atoms with Crippen LogP contribution in [0.25, 0.3) is 0 Å². The zero-order valence-corrected chi connectivity index (χ0v) is 10.2. The standard InChI is InChI=1S/C6H15N.C4H5F3O2/c1-4-7(5-2)6-3;1-2-9-3(8)4(5,6)7/h4-6H2,1-3H3;2H2,1H3. The zero-order valence-electron chi connectivity index (χ0n) is 10.2. The van der Waals surface area contributed by atoms with E-state index < -0.39 is 12.1 Å². The van der Waals surface area contributed by atoms with E-state index in [1.807, 2.05) is 0 Å². The smallest absolute Gasteiger partial charge is 0.459 e. The number of hydrogen-bond acceptors (Lipinski definition) is 3. The molecule has 0 aromatic carbocycles. The molecule has 0 N–H and O–H groups in total. The summed E-state index contributed by atoms with van der Waals surface area (Å²) in [5.41, 5.74) is 0. The first-order chi connectivity index (χ1) is 7.33. The molecule has 0 amide bonds. The van der Waals surface area contributed by atoms with Crippen LogP contribution in [0.2, 0.25) is 0 Å². The SMILES string of the molecule is CCN(CC)CC.CCOC(=O)C(F)(F)F. The van der Waals surface area contributed by atoms with Crippen LogP contribution >= 0.6 is 0 Å². The van der Waals surface area contributed by atoms with Gasteiger partial charge in [-0.05, 0) is 26.6 Å². The van der Waals surface area contributed by atoms with Gasteiger partial charge in [0.1, 0.15) is 0 Å². The van der Waals surface area contributed by atoms with E-state index in [9.17, 15) is 18.0 Å². The second-order valence-corrected chi connectivity index (χ2v) is 2.84. The fourth-order valence-electron chi connectivity index (χ4n) is 0.884. The summed E-state index contributed by atoms with van der Waals surface area (Å²) in [4.78, 5) is 12.1. The van der Waals surface area contributed by atoms with Crippen LogP contribution in [0.3, 0.4) is 0 Å². The lowest BCUT2D eigenvalue weighted by molar-refractivity contribution is -0.199. The Bertz CT molecular complexity index is 174. The van der Waals surface area contributed by atoms with Gasteiger partial charge in [0, 0.05) is 0 Å². The van der Waals surface area contributed by atoms with Crippen molar-refractivity contribution in [2.24, 2.45) is 0 Å².